The molecule has 3 heterocycles. The largest absolute Gasteiger partial charge is 0.443 e. The van der Waals surface area contributed by atoms with Gasteiger partial charge in [-0.1, -0.05) is 0 Å². The first-order valence-corrected chi connectivity index (χ1v) is 12.1. The molecule has 1 unspecified atom stereocenters. The van der Waals surface area contributed by atoms with E-state index in [2.05, 4.69) is 5.43 Å². The van der Waals surface area contributed by atoms with Gasteiger partial charge < -0.3 is 15.2 Å². The summed E-state index contributed by atoms with van der Waals surface area (Å²) in [4.78, 5) is 51.9. The number of hydrogen-bond donors (Lipinski definition) is 2. The second kappa shape index (κ2) is 9.79. The molecule has 1 aliphatic heterocycles. The fourth-order valence-corrected chi connectivity index (χ4v) is 5.18. The second-order valence-corrected chi connectivity index (χ2v) is 10.7. The van der Waals surface area contributed by atoms with Crippen LogP contribution in [0.1, 0.15) is 63.9 Å². The van der Waals surface area contributed by atoms with Crippen LogP contribution in [-0.2, 0) is 22.6 Å². The first-order valence-electron chi connectivity index (χ1n) is 11.3. The van der Waals surface area contributed by atoms with Gasteiger partial charge in [-0.3, -0.25) is 13.9 Å². The van der Waals surface area contributed by atoms with Crippen LogP contribution >= 0.6 is 11.3 Å². The first-order chi connectivity index (χ1) is 15.8. The maximum atomic E-state index is 13.3. The van der Waals surface area contributed by atoms with E-state index in [9.17, 15) is 19.2 Å². The summed E-state index contributed by atoms with van der Waals surface area (Å²) in [7, 11) is 0. The summed E-state index contributed by atoms with van der Waals surface area (Å²) >= 11 is 1.22. The summed E-state index contributed by atoms with van der Waals surface area (Å²) in [6.07, 6.45) is 0.815. The van der Waals surface area contributed by atoms with Crippen molar-refractivity contribution in [3.05, 3.63) is 31.3 Å². The van der Waals surface area contributed by atoms with Gasteiger partial charge in [-0.25, -0.2) is 24.8 Å². The Morgan fingerprint density at radius 2 is 2.00 bits per heavy atom. The van der Waals surface area contributed by atoms with Crippen LogP contribution in [0.3, 0.4) is 0 Å². The number of amides is 3. The van der Waals surface area contributed by atoms with E-state index >= 15 is 0 Å². The second-order valence-electron chi connectivity index (χ2n) is 9.67. The van der Waals surface area contributed by atoms with Crippen LogP contribution in [0, 0.1) is 6.92 Å². The Balaban J connectivity index is 2.06. The normalized spacial score (nSPS) is 16.3. The van der Waals surface area contributed by atoms with Gasteiger partial charge in [0.25, 0.3) is 5.56 Å². The molecule has 34 heavy (non-hydrogen) atoms. The maximum absolute atomic E-state index is 13.3. The Hall–Kier alpha value is -2.86. The average Bonchev–Trinajstić information content (AvgIpc) is 3.31. The molecule has 2 aromatic heterocycles. The highest BCUT2D eigenvalue weighted by atomic mass is 32.1. The average molecular weight is 496 g/mol. The maximum Gasteiger partial charge on any atom is 0.426 e. The van der Waals surface area contributed by atoms with Gasteiger partial charge >= 0.3 is 17.8 Å². The number of ether oxygens (including phenoxy) is 2. The van der Waals surface area contributed by atoms with Crippen molar-refractivity contribution in [3.8, 4) is 0 Å². The highest BCUT2D eigenvalue weighted by Gasteiger charge is 2.26. The van der Waals surface area contributed by atoms with Crippen LogP contribution in [0.25, 0.3) is 10.2 Å². The molecule has 2 aromatic rings. The predicted octanol–water partition coefficient (Wildman–Crippen LogP) is 2.61. The van der Waals surface area contributed by atoms with Gasteiger partial charge in [-0.15, -0.1) is 11.3 Å². The molecule has 3 rings (SSSR count). The SMILES string of the molecule is Cc1c(CN(NC(=O)OC(C)(C)C)C(N)=O)sc2c1c(=O)n(C(C)C)c(=O)n2CC1CCCO1. The molecule has 0 radical (unpaired) electrons. The number of aromatic nitrogens is 2. The molecular formula is C22H33N5O6S. The Morgan fingerprint density at radius 1 is 1.32 bits per heavy atom. The Bertz CT molecular complexity index is 1200. The van der Waals surface area contributed by atoms with Gasteiger partial charge in [0.1, 0.15) is 10.4 Å². The monoisotopic (exact) mass is 495 g/mol. The molecule has 3 amide bonds. The standard InChI is InChI=1S/C22H33N5O6S/c1-12(2)27-17(28)16-13(3)15(11-26(19(23)29)24-20(30)33-22(4,5)6)34-18(16)25(21(27)31)10-14-8-7-9-32-14/h12,14H,7-11H2,1-6H3,(H2,23,29)(H,24,30). The zero-order valence-corrected chi connectivity index (χ0v) is 21.3. The third-order valence-electron chi connectivity index (χ3n) is 5.46. The molecule has 1 aliphatic rings. The highest BCUT2D eigenvalue weighted by molar-refractivity contribution is 7.18. The van der Waals surface area contributed by atoms with Gasteiger partial charge in [0.2, 0.25) is 0 Å². The van der Waals surface area contributed by atoms with Crippen LogP contribution in [0.15, 0.2) is 9.59 Å². The number of carbonyl (C=O) groups is 2. The molecule has 11 nitrogen and oxygen atoms in total. The number of thiophene rings is 1. The van der Waals surface area contributed by atoms with Crippen molar-refractivity contribution < 1.29 is 19.1 Å². The summed E-state index contributed by atoms with van der Waals surface area (Å²) in [6.45, 7) is 11.3. The number of nitrogens with zero attached hydrogens (tertiary/aromatic N) is 3. The van der Waals surface area contributed by atoms with Gasteiger partial charge in [-0.2, -0.15) is 0 Å². The number of aryl methyl sites for hydroxylation is 1. The zero-order chi connectivity index (χ0) is 25.4. The number of fused-ring (bicyclic) bond motifs is 1. The number of nitrogens with one attached hydrogen (secondary N) is 1. The van der Waals surface area contributed by atoms with Gasteiger partial charge in [0, 0.05) is 17.5 Å². The summed E-state index contributed by atoms with van der Waals surface area (Å²) in [5.41, 5.74) is 6.92. The molecule has 188 valence electrons. The van der Waals surface area contributed by atoms with E-state index in [1.54, 1.807) is 46.1 Å². The van der Waals surface area contributed by atoms with Crippen LogP contribution in [0.4, 0.5) is 9.59 Å². The fourth-order valence-electron chi connectivity index (χ4n) is 3.90. The molecule has 1 saturated heterocycles. The van der Waals surface area contributed by atoms with Crippen molar-refractivity contribution in [2.75, 3.05) is 6.61 Å². The van der Waals surface area contributed by atoms with Gasteiger partial charge in [0.15, 0.2) is 0 Å². The zero-order valence-electron chi connectivity index (χ0n) is 20.5. The minimum absolute atomic E-state index is 0.0883. The number of nitrogens with two attached hydrogens (primary N) is 1. The quantitative estimate of drug-likeness (QED) is 0.612. The first kappa shape index (κ1) is 25.8. The van der Waals surface area contributed by atoms with E-state index in [0.717, 1.165) is 17.9 Å². The molecule has 1 atom stereocenters. The molecule has 0 saturated carbocycles. The lowest BCUT2D eigenvalue weighted by atomic mass is 10.2. The van der Waals surface area contributed by atoms with Crippen molar-refractivity contribution in [2.24, 2.45) is 5.73 Å². The van der Waals surface area contributed by atoms with Crippen LogP contribution in [0.2, 0.25) is 0 Å². The molecule has 12 heteroatoms. The molecule has 0 aliphatic carbocycles. The Morgan fingerprint density at radius 3 is 2.53 bits per heavy atom. The number of carbonyl (C=O) groups excluding carboxylic acids is 2. The summed E-state index contributed by atoms with van der Waals surface area (Å²) < 4.78 is 13.8. The van der Waals surface area contributed by atoms with E-state index < -0.39 is 23.4 Å². The van der Waals surface area contributed by atoms with Crippen molar-refractivity contribution in [1.29, 1.82) is 0 Å². The number of rotatable bonds is 5. The van der Waals surface area contributed by atoms with E-state index in [4.69, 9.17) is 15.2 Å². The van der Waals surface area contributed by atoms with Crippen molar-refractivity contribution in [2.45, 2.75) is 85.2 Å². The smallest absolute Gasteiger partial charge is 0.426 e. The third-order valence-corrected chi connectivity index (χ3v) is 6.76. The summed E-state index contributed by atoms with van der Waals surface area (Å²) in [5.74, 6) is 0. The molecule has 3 N–H and O–H groups in total. The lowest BCUT2D eigenvalue weighted by Crippen LogP contribution is -2.49. The highest BCUT2D eigenvalue weighted by Crippen LogP contribution is 2.30. The minimum atomic E-state index is -0.890. The van der Waals surface area contributed by atoms with Crippen LogP contribution in [-0.4, -0.2) is 44.6 Å². The molecule has 0 spiro atoms. The molecule has 0 aromatic carbocycles. The van der Waals surface area contributed by atoms with Gasteiger partial charge in [0.05, 0.1) is 24.6 Å². The molecule has 1 fully saturated rings. The van der Waals surface area contributed by atoms with Crippen LogP contribution in [0.5, 0.6) is 0 Å². The van der Waals surface area contributed by atoms with E-state index in [0.29, 0.717) is 33.8 Å². The van der Waals surface area contributed by atoms with E-state index in [-0.39, 0.29) is 24.2 Å². The van der Waals surface area contributed by atoms with Crippen LogP contribution < -0.4 is 22.4 Å². The number of primary amides is 1. The third kappa shape index (κ3) is 5.44. The number of hydrogen-bond acceptors (Lipinski definition) is 7. The van der Waals surface area contributed by atoms with Crippen molar-refractivity contribution >= 4 is 33.7 Å². The summed E-state index contributed by atoms with van der Waals surface area (Å²) in [5, 5.41) is 1.34. The number of urea groups is 1. The lowest BCUT2D eigenvalue weighted by Gasteiger charge is -2.24. The summed E-state index contributed by atoms with van der Waals surface area (Å²) in [6, 6.07) is -1.22. The molecule has 0 bridgehead atoms. The Kier molecular flexibility index (Phi) is 7.41. The lowest BCUT2D eigenvalue weighted by molar-refractivity contribution is 0.0376. The topological polar surface area (TPSA) is 138 Å². The van der Waals surface area contributed by atoms with E-state index in [1.807, 2.05) is 0 Å². The van der Waals surface area contributed by atoms with Crippen molar-refractivity contribution in [1.82, 2.24) is 19.6 Å². The van der Waals surface area contributed by atoms with Crippen molar-refractivity contribution in [3.63, 3.8) is 0 Å². The number of hydrazine groups is 1. The van der Waals surface area contributed by atoms with Gasteiger partial charge in [-0.05, 0) is 59.9 Å². The van der Waals surface area contributed by atoms with E-state index in [1.165, 1.54) is 15.9 Å². The molecular weight excluding hydrogens is 462 g/mol. The minimum Gasteiger partial charge on any atom is -0.443 e. The fraction of sp³-hybridized carbons (Fsp3) is 0.636. The predicted molar refractivity (Wildman–Crippen MR) is 129 cm³/mol. The Labute approximate surface area is 201 Å².